The van der Waals surface area contributed by atoms with Gasteiger partial charge in [0.05, 0.1) is 6.67 Å². The van der Waals surface area contributed by atoms with Gasteiger partial charge in [-0.1, -0.05) is 36.4 Å². The summed E-state index contributed by atoms with van der Waals surface area (Å²) in [5.41, 5.74) is 1.37. The highest BCUT2D eigenvalue weighted by Crippen LogP contribution is 2.04. The third-order valence-corrected chi connectivity index (χ3v) is 2.56. The molecule has 0 fully saturated rings. The summed E-state index contributed by atoms with van der Waals surface area (Å²) in [7, 11) is 0. The van der Waals surface area contributed by atoms with Crippen LogP contribution in [-0.2, 0) is 0 Å². The van der Waals surface area contributed by atoms with E-state index in [1.165, 1.54) is 0 Å². The van der Waals surface area contributed by atoms with Gasteiger partial charge in [0, 0.05) is 11.4 Å². The number of urea groups is 2. The maximum atomic E-state index is 11.6. The van der Waals surface area contributed by atoms with Crippen LogP contribution in [0.1, 0.15) is 0 Å². The topological polar surface area (TPSA) is 82.3 Å². The summed E-state index contributed by atoms with van der Waals surface area (Å²) in [6, 6.07) is 17.3. The number of carbonyl (C=O) groups is 2. The number of benzene rings is 2. The van der Waals surface area contributed by atoms with Crippen LogP contribution in [0.25, 0.3) is 0 Å². The highest BCUT2D eigenvalue weighted by atomic mass is 16.2. The molecular formula is C15H16N4O2. The van der Waals surface area contributed by atoms with Gasteiger partial charge in [-0.25, -0.2) is 9.59 Å². The molecule has 4 amide bonds. The first-order chi connectivity index (χ1) is 10.2. The fourth-order valence-electron chi connectivity index (χ4n) is 1.60. The maximum Gasteiger partial charge on any atom is 0.320 e. The Hall–Kier alpha value is -3.02. The van der Waals surface area contributed by atoms with Crippen molar-refractivity contribution < 1.29 is 9.59 Å². The highest BCUT2D eigenvalue weighted by molar-refractivity contribution is 5.91. The van der Waals surface area contributed by atoms with Gasteiger partial charge in [-0.3, -0.25) is 0 Å². The van der Waals surface area contributed by atoms with Crippen LogP contribution in [0.15, 0.2) is 60.7 Å². The van der Waals surface area contributed by atoms with Crippen molar-refractivity contribution in [2.45, 2.75) is 0 Å². The summed E-state index contributed by atoms with van der Waals surface area (Å²) in [6.45, 7) is 0.0251. The van der Waals surface area contributed by atoms with E-state index in [1.807, 2.05) is 36.4 Å². The molecule has 0 atom stereocenters. The van der Waals surface area contributed by atoms with E-state index in [0.717, 1.165) is 0 Å². The van der Waals surface area contributed by atoms with Gasteiger partial charge >= 0.3 is 12.1 Å². The van der Waals surface area contributed by atoms with Gasteiger partial charge in [-0.15, -0.1) is 0 Å². The molecule has 2 rings (SSSR count). The minimum atomic E-state index is -0.388. The maximum absolute atomic E-state index is 11.6. The Kier molecular flexibility index (Phi) is 5.17. The van der Waals surface area contributed by atoms with Crippen molar-refractivity contribution in [3.63, 3.8) is 0 Å². The lowest BCUT2D eigenvalue weighted by atomic mass is 10.3. The minimum Gasteiger partial charge on any atom is -0.320 e. The fraction of sp³-hybridized carbons (Fsp3) is 0.0667. The van der Waals surface area contributed by atoms with Crippen molar-refractivity contribution in [1.82, 2.24) is 10.6 Å². The number of carbonyl (C=O) groups excluding carboxylic acids is 2. The molecular weight excluding hydrogens is 268 g/mol. The molecule has 0 saturated carbocycles. The molecule has 4 N–H and O–H groups in total. The van der Waals surface area contributed by atoms with Gasteiger partial charge in [0.2, 0.25) is 0 Å². The van der Waals surface area contributed by atoms with Crippen LogP contribution < -0.4 is 21.3 Å². The minimum absolute atomic E-state index is 0.0251. The quantitative estimate of drug-likeness (QED) is 0.651. The van der Waals surface area contributed by atoms with Crippen LogP contribution in [0.3, 0.4) is 0 Å². The van der Waals surface area contributed by atoms with Gasteiger partial charge in [-0.05, 0) is 24.3 Å². The van der Waals surface area contributed by atoms with E-state index in [-0.39, 0.29) is 18.7 Å². The number of anilines is 2. The zero-order chi connectivity index (χ0) is 14.9. The smallest absolute Gasteiger partial charge is 0.320 e. The Morgan fingerprint density at radius 2 is 1.05 bits per heavy atom. The highest BCUT2D eigenvalue weighted by Gasteiger charge is 2.03. The lowest BCUT2D eigenvalue weighted by molar-refractivity contribution is 0.246. The van der Waals surface area contributed by atoms with Crippen molar-refractivity contribution in [2.75, 3.05) is 17.3 Å². The zero-order valence-corrected chi connectivity index (χ0v) is 11.3. The predicted molar refractivity (Wildman–Crippen MR) is 82.1 cm³/mol. The van der Waals surface area contributed by atoms with Crippen LogP contribution in [-0.4, -0.2) is 18.7 Å². The summed E-state index contributed by atoms with van der Waals surface area (Å²) in [5.74, 6) is 0. The summed E-state index contributed by atoms with van der Waals surface area (Å²) < 4.78 is 0. The number of para-hydroxylation sites is 2. The third kappa shape index (κ3) is 5.23. The second-order valence-corrected chi connectivity index (χ2v) is 4.17. The van der Waals surface area contributed by atoms with E-state index in [0.29, 0.717) is 11.4 Å². The molecule has 6 heteroatoms. The lowest BCUT2D eigenvalue weighted by Gasteiger charge is -2.09. The van der Waals surface area contributed by atoms with Crippen LogP contribution in [0, 0.1) is 0 Å². The second kappa shape index (κ2) is 7.54. The number of nitrogens with one attached hydrogen (secondary N) is 4. The average Bonchev–Trinajstić information content (AvgIpc) is 2.49. The van der Waals surface area contributed by atoms with Gasteiger partial charge < -0.3 is 21.3 Å². The Morgan fingerprint density at radius 1 is 0.667 bits per heavy atom. The van der Waals surface area contributed by atoms with Crippen molar-refractivity contribution in [2.24, 2.45) is 0 Å². The molecule has 2 aromatic carbocycles. The molecule has 0 aliphatic rings. The number of rotatable bonds is 4. The molecule has 0 aromatic heterocycles. The fourth-order valence-corrected chi connectivity index (χ4v) is 1.60. The molecule has 0 radical (unpaired) electrons. The second-order valence-electron chi connectivity index (χ2n) is 4.17. The molecule has 0 bridgehead atoms. The first-order valence-electron chi connectivity index (χ1n) is 6.44. The molecule has 2 aromatic rings. The predicted octanol–water partition coefficient (Wildman–Crippen LogP) is 2.59. The standard InChI is InChI=1S/C15H16N4O2/c20-14(18-12-7-3-1-4-8-12)16-11-17-15(21)19-13-9-5-2-6-10-13/h1-10H,11H2,(H2,16,18,20)(H2,17,19,21). The van der Waals surface area contributed by atoms with E-state index in [1.54, 1.807) is 24.3 Å². The van der Waals surface area contributed by atoms with Crippen molar-refractivity contribution >= 4 is 23.4 Å². The largest absolute Gasteiger partial charge is 0.320 e. The molecule has 6 nitrogen and oxygen atoms in total. The molecule has 0 aliphatic carbocycles. The monoisotopic (exact) mass is 284 g/mol. The SMILES string of the molecule is O=C(NCNC(=O)Nc1ccccc1)Nc1ccccc1. The van der Waals surface area contributed by atoms with Crippen LogP contribution >= 0.6 is 0 Å². The van der Waals surface area contributed by atoms with E-state index < -0.39 is 0 Å². The van der Waals surface area contributed by atoms with E-state index in [4.69, 9.17) is 0 Å². The van der Waals surface area contributed by atoms with Crippen LogP contribution in [0.5, 0.6) is 0 Å². The van der Waals surface area contributed by atoms with Crippen molar-refractivity contribution in [3.05, 3.63) is 60.7 Å². The Balaban J connectivity index is 1.67. The average molecular weight is 284 g/mol. The van der Waals surface area contributed by atoms with Crippen LogP contribution in [0.4, 0.5) is 21.0 Å². The molecule has 0 saturated heterocycles. The molecule has 0 aliphatic heterocycles. The molecule has 21 heavy (non-hydrogen) atoms. The Labute approximate surface area is 122 Å². The summed E-state index contributed by atoms with van der Waals surface area (Å²) in [4.78, 5) is 23.1. The van der Waals surface area contributed by atoms with Gasteiger partial charge in [-0.2, -0.15) is 0 Å². The van der Waals surface area contributed by atoms with Crippen molar-refractivity contribution in [3.8, 4) is 0 Å². The van der Waals surface area contributed by atoms with Crippen LogP contribution in [0.2, 0.25) is 0 Å². The molecule has 0 heterocycles. The zero-order valence-electron chi connectivity index (χ0n) is 11.3. The molecule has 0 spiro atoms. The van der Waals surface area contributed by atoms with Gasteiger partial charge in [0.25, 0.3) is 0 Å². The van der Waals surface area contributed by atoms with E-state index >= 15 is 0 Å². The first kappa shape index (κ1) is 14.4. The Bertz CT molecular complexity index is 534. The molecule has 108 valence electrons. The summed E-state index contributed by atoms with van der Waals surface area (Å²) in [6.07, 6.45) is 0. The van der Waals surface area contributed by atoms with Crippen molar-refractivity contribution in [1.29, 1.82) is 0 Å². The first-order valence-corrected chi connectivity index (χ1v) is 6.44. The lowest BCUT2D eigenvalue weighted by Crippen LogP contribution is -2.41. The summed E-state index contributed by atoms with van der Waals surface area (Å²) in [5, 5.41) is 10.3. The number of hydrogen-bond acceptors (Lipinski definition) is 2. The summed E-state index contributed by atoms with van der Waals surface area (Å²) >= 11 is 0. The normalized spacial score (nSPS) is 9.52. The third-order valence-electron chi connectivity index (χ3n) is 2.56. The van der Waals surface area contributed by atoms with Gasteiger partial charge in [0.1, 0.15) is 0 Å². The van der Waals surface area contributed by atoms with Gasteiger partial charge in [0.15, 0.2) is 0 Å². The molecule has 0 unspecified atom stereocenters. The van der Waals surface area contributed by atoms with E-state index in [9.17, 15) is 9.59 Å². The number of amides is 4. The Morgan fingerprint density at radius 3 is 1.43 bits per heavy atom. The number of hydrogen-bond donors (Lipinski definition) is 4. The van der Waals surface area contributed by atoms with E-state index in [2.05, 4.69) is 21.3 Å².